The molecule has 4 nitrogen and oxygen atoms in total. The van der Waals surface area contributed by atoms with Crippen LogP contribution in [0.3, 0.4) is 0 Å². The van der Waals surface area contributed by atoms with Gasteiger partial charge in [-0.2, -0.15) is 0 Å². The molecular formula is C13H14BrN3OS2. The number of thioether (sulfide) groups is 1. The minimum absolute atomic E-state index is 0.0386. The first-order chi connectivity index (χ1) is 9.54. The lowest BCUT2D eigenvalue weighted by atomic mass is 10.2. The molecule has 7 heteroatoms. The van der Waals surface area contributed by atoms with Crippen molar-refractivity contribution in [2.24, 2.45) is 0 Å². The SMILES string of the molecule is Cc1nnc(NC(=O)C(C)SCc2ccc(Br)cc2)s1. The molecule has 0 spiro atoms. The molecule has 20 heavy (non-hydrogen) atoms. The van der Waals surface area contributed by atoms with E-state index in [4.69, 9.17) is 0 Å². The minimum Gasteiger partial charge on any atom is -0.300 e. The minimum atomic E-state index is -0.136. The number of aromatic nitrogens is 2. The molecule has 0 radical (unpaired) electrons. The molecule has 1 N–H and O–H groups in total. The summed E-state index contributed by atoms with van der Waals surface area (Å²) in [4.78, 5) is 12.0. The summed E-state index contributed by atoms with van der Waals surface area (Å²) in [6.45, 7) is 3.76. The van der Waals surface area contributed by atoms with E-state index in [0.717, 1.165) is 15.2 Å². The Morgan fingerprint density at radius 1 is 1.40 bits per heavy atom. The Balaban J connectivity index is 1.83. The molecule has 0 fully saturated rings. The normalized spacial score (nSPS) is 12.2. The van der Waals surface area contributed by atoms with Crippen molar-refractivity contribution in [2.45, 2.75) is 24.9 Å². The maximum atomic E-state index is 12.0. The van der Waals surface area contributed by atoms with E-state index in [-0.39, 0.29) is 11.2 Å². The van der Waals surface area contributed by atoms with Crippen molar-refractivity contribution >= 4 is 50.1 Å². The highest BCUT2D eigenvalue weighted by Gasteiger charge is 2.15. The van der Waals surface area contributed by atoms with E-state index in [2.05, 4.69) is 43.6 Å². The molecule has 0 aliphatic rings. The molecule has 106 valence electrons. The lowest BCUT2D eigenvalue weighted by Gasteiger charge is -2.10. The summed E-state index contributed by atoms with van der Waals surface area (Å²) in [5.74, 6) is 0.764. The zero-order valence-electron chi connectivity index (χ0n) is 11.1. The second kappa shape index (κ2) is 7.19. The Morgan fingerprint density at radius 3 is 2.70 bits per heavy atom. The van der Waals surface area contributed by atoms with E-state index in [1.165, 1.54) is 16.9 Å². The maximum absolute atomic E-state index is 12.0. The van der Waals surface area contributed by atoms with Gasteiger partial charge in [-0.3, -0.25) is 10.1 Å². The Morgan fingerprint density at radius 2 is 2.10 bits per heavy atom. The van der Waals surface area contributed by atoms with Gasteiger partial charge in [-0.25, -0.2) is 0 Å². The molecule has 0 saturated heterocycles. The zero-order chi connectivity index (χ0) is 14.5. The average Bonchev–Trinajstić information content (AvgIpc) is 2.83. The number of rotatable bonds is 5. The van der Waals surface area contributed by atoms with Crippen molar-refractivity contribution in [1.82, 2.24) is 10.2 Å². The Labute approximate surface area is 134 Å². The van der Waals surface area contributed by atoms with Crippen molar-refractivity contribution in [1.29, 1.82) is 0 Å². The topological polar surface area (TPSA) is 54.9 Å². The van der Waals surface area contributed by atoms with Crippen molar-refractivity contribution in [2.75, 3.05) is 5.32 Å². The summed E-state index contributed by atoms with van der Waals surface area (Å²) in [6.07, 6.45) is 0. The number of anilines is 1. The molecule has 1 aromatic heterocycles. The van der Waals surface area contributed by atoms with Gasteiger partial charge in [0, 0.05) is 10.2 Å². The van der Waals surface area contributed by atoms with Crippen LogP contribution in [-0.2, 0) is 10.5 Å². The van der Waals surface area contributed by atoms with Crippen LogP contribution < -0.4 is 5.32 Å². The summed E-state index contributed by atoms with van der Waals surface area (Å²) in [5, 5.41) is 11.8. The van der Waals surface area contributed by atoms with E-state index in [1.807, 2.05) is 26.0 Å². The monoisotopic (exact) mass is 371 g/mol. The molecule has 1 amide bonds. The molecular weight excluding hydrogens is 358 g/mol. The molecule has 1 aromatic carbocycles. The van der Waals surface area contributed by atoms with E-state index < -0.39 is 0 Å². The van der Waals surface area contributed by atoms with Gasteiger partial charge in [-0.1, -0.05) is 39.4 Å². The summed E-state index contributed by atoms with van der Waals surface area (Å²) in [7, 11) is 0. The van der Waals surface area contributed by atoms with Crippen molar-refractivity contribution in [3.63, 3.8) is 0 Å². The lowest BCUT2D eigenvalue weighted by Crippen LogP contribution is -2.22. The predicted octanol–water partition coefficient (Wildman–Crippen LogP) is 3.87. The molecule has 1 atom stereocenters. The molecule has 1 unspecified atom stereocenters. The number of nitrogens with one attached hydrogen (secondary N) is 1. The fourth-order valence-electron chi connectivity index (χ4n) is 1.43. The molecule has 0 bridgehead atoms. The summed E-state index contributed by atoms with van der Waals surface area (Å²) in [6, 6.07) is 8.11. The van der Waals surface area contributed by atoms with Crippen molar-refractivity contribution in [3.8, 4) is 0 Å². The van der Waals surface area contributed by atoms with Gasteiger partial charge in [0.1, 0.15) is 5.01 Å². The third kappa shape index (κ3) is 4.57. The van der Waals surface area contributed by atoms with Crippen molar-refractivity contribution < 1.29 is 4.79 Å². The van der Waals surface area contributed by atoms with Gasteiger partial charge in [0.25, 0.3) is 0 Å². The van der Waals surface area contributed by atoms with Gasteiger partial charge in [0.2, 0.25) is 11.0 Å². The second-order valence-corrected chi connectivity index (χ2v) is 7.62. The summed E-state index contributed by atoms with van der Waals surface area (Å²) < 4.78 is 1.06. The summed E-state index contributed by atoms with van der Waals surface area (Å²) >= 11 is 6.38. The number of hydrogen-bond donors (Lipinski definition) is 1. The van der Waals surface area contributed by atoms with Crippen LogP contribution in [0.25, 0.3) is 0 Å². The van der Waals surface area contributed by atoms with Crippen LogP contribution in [0.2, 0.25) is 0 Å². The van der Waals surface area contributed by atoms with Gasteiger partial charge in [0.05, 0.1) is 5.25 Å². The standard InChI is InChI=1S/C13H14BrN3OS2/c1-8(12(18)15-13-17-16-9(2)20-13)19-7-10-3-5-11(14)6-4-10/h3-6,8H,7H2,1-2H3,(H,15,17,18). The average molecular weight is 372 g/mol. The molecule has 0 saturated carbocycles. The summed E-state index contributed by atoms with van der Waals surface area (Å²) in [5.41, 5.74) is 1.20. The van der Waals surface area contributed by atoms with Crippen LogP contribution in [0, 0.1) is 6.92 Å². The first-order valence-corrected chi connectivity index (χ1v) is 8.67. The van der Waals surface area contributed by atoms with E-state index in [1.54, 1.807) is 11.8 Å². The highest BCUT2D eigenvalue weighted by Crippen LogP contribution is 2.21. The number of halogens is 1. The largest absolute Gasteiger partial charge is 0.300 e. The fraction of sp³-hybridized carbons (Fsp3) is 0.308. The van der Waals surface area contributed by atoms with E-state index in [0.29, 0.717) is 5.13 Å². The van der Waals surface area contributed by atoms with Gasteiger partial charge < -0.3 is 0 Å². The Hall–Kier alpha value is -0.920. The first kappa shape index (κ1) is 15.5. The van der Waals surface area contributed by atoms with Crippen LogP contribution in [0.4, 0.5) is 5.13 Å². The third-order valence-corrected chi connectivity index (χ3v) is 5.04. The fourth-order valence-corrected chi connectivity index (χ4v) is 3.14. The number of hydrogen-bond acceptors (Lipinski definition) is 5. The number of aryl methyl sites for hydroxylation is 1. The quantitative estimate of drug-likeness (QED) is 0.866. The first-order valence-electron chi connectivity index (χ1n) is 6.01. The highest BCUT2D eigenvalue weighted by atomic mass is 79.9. The van der Waals surface area contributed by atoms with Crippen LogP contribution in [0.15, 0.2) is 28.7 Å². The Bertz CT molecular complexity index is 586. The molecule has 0 aliphatic carbocycles. The lowest BCUT2D eigenvalue weighted by molar-refractivity contribution is -0.115. The number of nitrogens with zero attached hydrogens (tertiary/aromatic N) is 2. The van der Waals surface area contributed by atoms with Crippen LogP contribution >= 0.6 is 39.0 Å². The van der Waals surface area contributed by atoms with Gasteiger partial charge >= 0.3 is 0 Å². The van der Waals surface area contributed by atoms with Crippen LogP contribution in [-0.4, -0.2) is 21.4 Å². The number of carbonyl (C=O) groups is 1. The number of carbonyl (C=O) groups excluding carboxylic acids is 1. The maximum Gasteiger partial charge on any atom is 0.239 e. The smallest absolute Gasteiger partial charge is 0.239 e. The molecule has 1 heterocycles. The third-order valence-electron chi connectivity index (χ3n) is 2.54. The predicted molar refractivity (Wildman–Crippen MR) is 88.2 cm³/mol. The number of amides is 1. The molecule has 2 aromatic rings. The molecule has 0 aliphatic heterocycles. The van der Waals surface area contributed by atoms with E-state index in [9.17, 15) is 4.79 Å². The zero-order valence-corrected chi connectivity index (χ0v) is 14.3. The van der Waals surface area contributed by atoms with Gasteiger partial charge in [-0.15, -0.1) is 22.0 Å². The van der Waals surface area contributed by atoms with Gasteiger partial charge in [-0.05, 0) is 31.5 Å². The molecule has 2 rings (SSSR count). The van der Waals surface area contributed by atoms with Crippen molar-refractivity contribution in [3.05, 3.63) is 39.3 Å². The van der Waals surface area contributed by atoms with Crippen LogP contribution in [0.1, 0.15) is 17.5 Å². The second-order valence-electron chi connectivity index (χ2n) is 4.20. The number of benzene rings is 1. The highest BCUT2D eigenvalue weighted by molar-refractivity contribution is 9.10. The van der Waals surface area contributed by atoms with Gasteiger partial charge in [0.15, 0.2) is 0 Å². The Kier molecular flexibility index (Phi) is 5.56. The van der Waals surface area contributed by atoms with Crippen LogP contribution in [0.5, 0.6) is 0 Å². The van der Waals surface area contributed by atoms with E-state index >= 15 is 0 Å².